The van der Waals surface area contributed by atoms with Crippen molar-refractivity contribution in [2.75, 3.05) is 20.1 Å². The van der Waals surface area contributed by atoms with Gasteiger partial charge in [0.25, 0.3) is 15.9 Å². The van der Waals surface area contributed by atoms with Crippen LogP contribution in [0.3, 0.4) is 0 Å². The van der Waals surface area contributed by atoms with E-state index in [0.717, 1.165) is 4.31 Å². The maximum atomic E-state index is 12.7. The molecule has 0 N–H and O–H groups in total. The van der Waals surface area contributed by atoms with Crippen LogP contribution in [0.5, 0.6) is 0 Å². The minimum absolute atomic E-state index is 0.0526. The first-order valence-corrected chi connectivity index (χ1v) is 9.18. The number of hydrogen-bond acceptors (Lipinski definition) is 5. The summed E-state index contributed by atoms with van der Waals surface area (Å²) >= 11 is 6.05. The van der Waals surface area contributed by atoms with Crippen molar-refractivity contribution in [2.45, 2.75) is 32.6 Å². The van der Waals surface area contributed by atoms with Crippen LogP contribution in [0.4, 0.5) is 5.69 Å². The van der Waals surface area contributed by atoms with E-state index in [-0.39, 0.29) is 42.6 Å². The Labute approximate surface area is 146 Å². The zero-order chi connectivity index (χ0) is 18.1. The fourth-order valence-corrected chi connectivity index (χ4v) is 4.30. The summed E-state index contributed by atoms with van der Waals surface area (Å²) in [5.41, 5.74) is 0.250. The van der Waals surface area contributed by atoms with Crippen molar-refractivity contribution < 1.29 is 18.1 Å². The highest BCUT2D eigenvalue weighted by atomic mass is 35.5. The van der Waals surface area contributed by atoms with E-state index in [2.05, 4.69) is 0 Å². The highest BCUT2D eigenvalue weighted by Crippen LogP contribution is 2.25. The van der Waals surface area contributed by atoms with Crippen molar-refractivity contribution in [1.29, 1.82) is 0 Å². The normalized spacial score (nSPS) is 22.7. The minimum Gasteiger partial charge on any atom is -0.373 e. The van der Waals surface area contributed by atoms with Gasteiger partial charge in [-0.1, -0.05) is 11.6 Å². The van der Waals surface area contributed by atoms with Gasteiger partial charge in [-0.15, -0.1) is 0 Å². The van der Waals surface area contributed by atoms with Crippen LogP contribution in [0.25, 0.3) is 0 Å². The number of nitro groups is 1. The lowest BCUT2D eigenvalue weighted by Crippen LogP contribution is -2.52. The van der Waals surface area contributed by atoms with Gasteiger partial charge in [-0.2, -0.15) is 17.0 Å². The highest BCUT2D eigenvalue weighted by Gasteiger charge is 2.34. The Bertz CT molecular complexity index is 717. The molecule has 0 saturated carbocycles. The number of nitrogens with zero attached hydrogens (tertiary/aromatic N) is 3. The van der Waals surface area contributed by atoms with Crippen LogP contribution in [-0.4, -0.2) is 54.3 Å². The Hall–Kier alpha value is -1.26. The maximum absolute atomic E-state index is 12.7. The topological polar surface area (TPSA) is 93.0 Å². The summed E-state index contributed by atoms with van der Waals surface area (Å²) in [7, 11) is -2.29. The number of halogens is 1. The first-order chi connectivity index (χ1) is 11.1. The standard InChI is InChI=1S/C14H20ClN3O5S/c1-10-7-17(8-11(2)23-10)24(21,22)16(3)9-12-6-13(18(19)20)4-5-14(12)15/h4-6,10-11H,7-9H2,1-3H3. The van der Waals surface area contributed by atoms with Crippen molar-refractivity contribution in [1.82, 2.24) is 8.61 Å². The second-order valence-corrected chi connectivity index (χ2v) is 8.31. The minimum atomic E-state index is -3.72. The molecule has 2 rings (SSSR count). The average molecular weight is 378 g/mol. The van der Waals surface area contributed by atoms with Gasteiger partial charge < -0.3 is 4.74 Å². The smallest absolute Gasteiger partial charge is 0.282 e. The van der Waals surface area contributed by atoms with Crippen LogP contribution >= 0.6 is 11.6 Å². The third-order valence-electron chi connectivity index (χ3n) is 3.74. The second kappa shape index (κ2) is 7.32. The summed E-state index contributed by atoms with van der Waals surface area (Å²) in [4.78, 5) is 10.3. The van der Waals surface area contributed by atoms with Gasteiger partial charge in [-0.25, -0.2) is 0 Å². The fourth-order valence-electron chi connectivity index (χ4n) is 2.63. The van der Waals surface area contributed by atoms with E-state index >= 15 is 0 Å². The summed E-state index contributed by atoms with van der Waals surface area (Å²) < 4.78 is 33.5. The van der Waals surface area contributed by atoms with E-state index < -0.39 is 15.1 Å². The van der Waals surface area contributed by atoms with E-state index in [1.54, 1.807) is 0 Å². The molecule has 1 heterocycles. The molecule has 1 aromatic carbocycles. The first-order valence-electron chi connectivity index (χ1n) is 7.41. The Morgan fingerprint density at radius 2 is 1.96 bits per heavy atom. The molecule has 0 amide bonds. The van der Waals surface area contributed by atoms with Crippen LogP contribution in [0.15, 0.2) is 18.2 Å². The lowest BCUT2D eigenvalue weighted by Gasteiger charge is -2.36. The average Bonchev–Trinajstić information content (AvgIpc) is 2.48. The van der Waals surface area contributed by atoms with Crippen LogP contribution in [0, 0.1) is 10.1 Å². The van der Waals surface area contributed by atoms with Crippen LogP contribution < -0.4 is 0 Å². The SMILES string of the molecule is CC1CN(S(=O)(=O)N(C)Cc2cc([N+](=O)[O-])ccc2Cl)CC(C)O1. The molecular weight excluding hydrogens is 358 g/mol. The third-order valence-corrected chi connectivity index (χ3v) is 5.98. The third kappa shape index (κ3) is 4.22. The molecule has 0 radical (unpaired) electrons. The fraction of sp³-hybridized carbons (Fsp3) is 0.571. The van der Waals surface area contributed by atoms with E-state index in [0.29, 0.717) is 5.56 Å². The number of morpholine rings is 1. The molecule has 0 aliphatic carbocycles. The highest BCUT2D eigenvalue weighted by molar-refractivity contribution is 7.86. The Balaban J connectivity index is 2.20. The van der Waals surface area contributed by atoms with Gasteiger partial charge in [0.1, 0.15) is 0 Å². The molecule has 1 aromatic rings. The summed E-state index contributed by atoms with van der Waals surface area (Å²) in [6, 6.07) is 3.97. The molecule has 0 aromatic heterocycles. The zero-order valence-corrected chi connectivity index (χ0v) is 15.2. The van der Waals surface area contributed by atoms with Crippen molar-refractivity contribution >= 4 is 27.5 Å². The van der Waals surface area contributed by atoms with Gasteiger partial charge in [0, 0.05) is 43.8 Å². The lowest BCUT2D eigenvalue weighted by molar-refractivity contribution is -0.384. The van der Waals surface area contributed by atoms with E-state index in [9.17, 15) is 18.5 Å². The van der Waals surface area contributed by atoms with Gasteiger partial charge in [0.05, 0.1) is 17.1 Å². The Kier molecular flexibility index (Phi) is 5.82. The molecule has 1 aliphatic heterocycles. The van der Waals surface area contributed by atoms with Gasteiger partial charge in [-0.05, 0) is 25.5 Å². The van der Waals surface area contributed by atoms with Crippen molar-refractivity contribution in [3.8, 4) is 0 Å². The monoisotopic (exact) mass is 377 g/mol. The predicted molar refractivity (Wildman–Crippen MR) is 90.1 cm³/mol. The van der Waals surface area contributed by atoms with E-state index in [4.69, 9.17) is 16.3 Å². The Morgan fingerprint density at radius 3 is 2.50 bits per heavy atom. The van der Waals surface area contributed by atoms with Gasteiger partial charge in [0.2, 0.25) is 0 Å². The first kappa shape index (κ1) is 19.1. The number of rotatable bonds is 5. The van der Waals surface area contributed by atoms with Crippen LogP contribution in [0.1, 0.15) is 19.4 Å². The molecule has 1 saturated heterocycles. The molecule has 0 spiro atoms. The molecule has 2 unspecified atom stereocenters. The number of hydrogen-bond donors (Lipinski definition) is 0. The van der Waals surface area contributed by atoms with Crippen molar-refractivity contribution in [2.24, 2.45) is 0 Å². The Morgan fingerprint density at radius 1 is 1.38 bits per heavy atom. The number of ether oxygens (including phenoxy) is 1. The molecule has 0 bridgehead atoms. The van der Waals surface area contributed by atoms with E-state index in [1.165, 1.54) is 29.6 Å². The van der Waals surface area contributed by atoms with Crippen LogP contribution in [-0.2, 0) is 21.5 Å². The predicted octanol–water partition coefficient (Wildman–Crippen LogP) is 2.03. The van der Waals surface area contributed by atoms with Gasteiger partial charge >= 0.3 is 0 Å². The molecule has 1 fully saturated rings. The summed E-state index contributed by atoms with van der Waals surface area (Å²) in [6.07, 6.45) is -0.392. The zero-order valence-electron chi connectivity index (χ0n) is 13.7. The lowest BCUT2D eigenvalue weighted by atomic mass is 10.2. The number of non-ortho nitro benzene ring substituents is 1. The summed E-state index contributed by atoms with van der Waals surface area (Å²) in [6.45, 7) is 4.10. The maximum Gasteiger partial charge on any atom is 0.282 e. The number of benzene rings is 1. The molecular formula is C14H20ClN3O5S. The largest absolute Gasteiger partial charge is 0.373 e. The van der Waals surface area contributed by atoms with Crippen molar-refractivity contribution in [3.63, 3.8) is 0 Å². The molecule has 134 valence electrons. The molecule has 10 heteroatoms. The second-order valence-electron chi connectivity index (χ2n) is 5.87. The molecule has 2 atom stereocenters. The summed E-state index contributed by atoms with van der Waals surface area (Å²) in [5, 5.41) is 11.2. The van der Waals surface area contributed by atoms with Gasteiger partial charge in [0.15, 0.2) is 0 Å². The molecule has 8 nitrogen and oxygen atoms in total. The number of nitro benzene ring substituents is 1. The van der Waals surface area contributed by atoms with E-state index in [1.807, 2.05) is 13.8 Å². The van der Waals surface area contributed by atoms with Gasteiger partial charge in [-0.3, -0.25) is 10.1 Å². The van der Waals surface area contributed by atoms with Crippen molar-refractivity contribution in [3.05, 3.63) is 38.9 Å². The summed E-state index contributed by atoms with van der Waals surface area (Å²) in [5.74, 6) is 0. The van der Waals surface area contributed by atoms with Crippen LogP contribution in [0.2, 0.25) is 5.02 Å². The molecule has 1 aliphatic rings. The quantitative estimate of drug-likeness (QED) is 0.578. The molecule has 24 heavy (non-hydrogen) atoms.